The molecule has 0 saturated heterocycles. The lowest BCUT2D eigenvalue weighted by Crippen LogP contribution is -2.10. The first kappa shape index (κ1) is 13.1. The monoisotopic (exact) mass is 320 g/mol. The van der Waals surface area contributed by atoms with Crippen LogP contribution in [0.25, 0.3) is 5.65 Å². The largest absolute Gasteiger partial charge is 0.417 e. The Bertz CT molecular complexity index is 619. The van der Waals surface area contributed by atoms with Crippen molar-refractivity contribution in [3.8, 4) is 0 Å². The molecule has 0 amide bonds. The molecule has 2 rings (SSSR count). The predicted octanol–water partition coefficient (Wildman–Crippen LogP) is 3.24. The van der Waals surface area contributed by atoms with Crippen LogP contribution in [-0.4, -0.2) is 20.5 Å². The van der Waals surface area contributed by atoms with Gasteiger partial charge < -0.3 is 0 Å². The standard InChI is InChI=1S/C11H8BrF3N2O/c1-6-10(8(18)4-12)17-5-7(11(13,14)15)2-3-9(17)16-6/h2-3,5H,4H2,1H3. The molecule has 0 saturated carbocycles. The Hall–Kier alpha value is -1.37. The van der Waals surface area contributed by atoms with E-state index in [0.717, 1.165) is 12.3 Å². The highest BCUT2D eigenvalue weighted by Gasteiger charge is 2.31. The summed E-state index contributed by atoms with van der Waals surface area (Å²) in [5.74, 6) is -0.306. The number of halogens is 4. The second kappa shape index (κ2) is 4.38. The Labute approximate surface area is 109 Å². The molecule has 0 radical (unpaired) electrons. The van der Waals surface area contributed by atoms with Crippen LogP contribution in [0, 0.1) is 6.92 Å². The van der Waals surface area contributed by atoms with Gasteiger partial charge in [0.2, 0.25) is 0 Å². The molecule has 0 unspecified atom stereocenters. The molecule has 7 heteroatoms. The van der Waals surface area contributed by atoms with Crippen molar-refractivity contribution in [2.75, 3.05) is 5.33 Å². The van der Waals surface area contributed by atoms with Gasteiger partial charge in [-0.15, -0.1) is 0 Å². The van der Waals surface area contributed by atoms with Crippen LogP contribution >= 0.6 is 15.9 Å². The minimum absolute atomic E-state index is 0.0396. The molecular weight excluding hydrogens is 313 g/mol. The zero-order chi connectivity index (χ0) is 13.5. The Morgan fingerprint density at radius 3 is 2.67 bits per heavy atom. The molecule has 0 bridgehead atoms. The van der Waals surface area contributed by atoms with Crippen molar-refractivity contribution < 1.29 is 18.0 Å². The second-order valence-corrected chi connectivity index (χ2v) is 4.31. The van der Waals surface area contributed by atoms with E-state index >= 15 is 0 Å². The predicted molar refractivity (Wildman–Crippen MR) is 63.1 cm³/mol. The van der Waals surface area contributed by atoms with Gasteiger partial charge >= 0.3 is 6.18 Å². The van der Waals surface area contributed by atoms with E-state index in [1.807, 2.05) is 0 Å². The molecule has 0 N–H and O–H groups in total. The molecule has 0 aliphatic carbocycles. The third kappa shape index (κ3) is 2.14. The number of pyridine rings is 1. The summed E-state index contributed by atoms with van der Waals surface area (Å²) < 4.78 is 39.0. The summed E-state index contributed by atoms with van der Waals surface area (Å²) in [6, 6.07) is 2.20. The fourth-order valence-electron chi connectivity index (χ4n) is 1.73. The number of carbonyl (C=O) groups is 1. The van der Waals surface area contributed by atoms with Crippen LogP contribution in [-0.2, 0) is 6.18 Å². The summed E-state index contributed by atoms with van der Waals surface area (Å²) in [7, 11) is 0. The van der Waals surface area contributed by atoms with E-state index in [-0.39, 0.29) is 16.8 Å². The van der Waals surface area contributed by atoms with Crippen molar-refractivity contribution in [2.24, 2.45) is 0 Å². The number of hydrogen-bond donors (Lipinski definition) is 0. The van der Waals surface area contributed by atoms with Crippen LogP contribution in [0.5, 0.6) is 0 Å². The molecule has 0 fully saturated rings. The maximum absolute atomic E-state index is 12.6. The number of fused-ring (bicyclic) bond motifs is 1. The van der Waals surface area contributed by atoms with E-state index in [4.69, 9.17) is 0 Å². The SMILES string of the molecule is Cc1nc2ccc(C(F)(F)F)cn2c1C(=O)CBr. The third-order valence-electron chi connectivity index (χ3n) is 2.51. The van der Waals surface area contributed by atoms with E-state index in [0.29, 0.717) is 11.3 Å². The van der Waals surface area contributed by atoms with Gasteiger partial charge in [0.05, 0.1) is 16.6 Å². The number of alkyl halides is 4. The molecule has 0 atom stereocenters. The lowest BCUT2D eigenvalue weighted by Gasteiger charge is -2.07. The quantitative estimate of drug-likeness (QED) is 0.629. The van der Waals surface area contributed by atoms with Crippen LogP contribution in [0.3, 0.4) is 0 Å². The molecule has 2 aromatic rings. The highest BCUT2D eigenvalue weighted by Crippen LogP contribution is 2.29. The fourth-order valence-corrected chi connectivity index (χ4v) is 1.99. The Morgan fingerprint density at radius 1 is 1.44 bits per heavy atom. The van der Waals surface area contributed by atoms with E-state index in [9.17, 15) is 18.0 Å². The number of carbonyl (C=O) groups excluding carboxylic acids is 1. The van der Waals surface area contributed by atoms with Gasteiger partial charge in [-0.05, 0) is 19.1 Å². The van der Waals surface area contributed by atoms with Crippen molar-refractivity contribution in [3.05, 3.63) is 35.3 Å². The van der Waals surface area contributed by atoms with Crippen molar-refractivity contribution >= 4 is 27.4 Å². The molecule has 18 heavy (non-hydrogen) atoms. The fraction of sp³-hybridized carbons (Fsp3) is 0.273. The first-order valence-electron chi connectivity index (χ1n) is 4.99. The summed E-state index contributed by atoms with van der Waals surface area (Å²) in [6.07, 6.45) is -3.55. The van der Waals surface area contributed by atoms with Gasteiger partial charge in [0, 0.05) is 6.20 Å². The van der Waals surface area contributed by atoms with Crippen LogP contribution in [0.15, 0.2) is 18.3 Å². The highest BCUT2D eigenvalue weighted by atomic mass is 79.9. The first-order chi connectivity index (χ1) is 8.34. The molecule has 2 heterocycles. The molecule has 96 valence electrons. The van der Waals surface area contributed by atoms with Gasteiger partial charge in [0.1, 0.15) is 11.3 Å². The van der Waals surface area contributed by atoms with Crippen molar-refractivity contribution in [2.45, 2.75) is 13.1 Å². The highest BCUT2D eigenvalue weighted by molar-refractivity contribution is 9.09. The molecule has 0 spiro atoms. The van der Waals surface area contributed by atoms with Crippen LogP contribution < -0.4 is 0 Å². The average molecular weight is 321 g/mol. The van der Waals surface area contributed by atoms with Crippen LogP contribution in [0.1, 0.15) is 21.7 Å². The maximum atomic E-state index is 12.6. The summed E-state index contributed by atoms with van der Waals surface area (Å²) in [5.41, 5.74) is 0.104. The van der Waals surface area contributed by atoms with Crippen LogP contribution in [0.4, 0.5) is 13.2 Å². The Balaban J connectivity index is 2.71. The molecule has 0 aromatic carbocycles. The van der Waals surface area contributed by atoms with E-state index in [2.05, 4.69) is 20.9 Å². The van der Waals surface area contributed by atoms with Gasteiger partial charge in [-0.3, -0.25) is 9.20 Å². The summed E-state index contributed by atoms with van der Waals surface area (Å²) in [6.45, 7) is 1.59. The third-order valence-corrected chi connectivity index (χ3v) is 3.01. The first-order valence-corrected chi connectivity index (χ1v) is 6.12. The molecule has 2 aromatic heterocycles. The number of aryl methyl sites for hydroxylation is 1. The minimum atomic E-state index is -4.44. The average Bonchev–Trinajstić information content (AvgIpc) is 2.61. The maximum Gasteiger partial charge on any atom is 0.417 e. The number of rotatable bonds is 2. The number of ketones is 1. The molecule has 3 nitrogen and oxygen atoms in total. The van der Waals surface area contributed by atoms with Gasteiger partial charge in [-0.2, -0.15) is 13.2 Å². The Kier molecular flexibility index (Phi) is 3.18. The van der Waals surface area contributed by atoms with E-state index < -0.39 is 11.7 Å². The Morgan fingerprint density at radius 2 is 2.11 bits per heavy atom. The lowest BCUT2D eigenvalue weighted by molar-refractivity contribution is -0.137. The molecule has 0 aliphatic rings. The topological polar surface area (TPSA) is 34.4 Å². The lowest BCUT2D eigenvalue weighted by atomic mass is 10.2. The van der Waals surface area contributed by atoms with Gasteiger partial charge in [-0.25, -0.2) is 4.98 Å². The van der Waals surface area contributed by atoms with E-state index in [1.54, 1.807) is 6.92 Å². The number of nitrogens with zero attached hydrogens (tertiary/aromatic N) is 2. The van der Waals surface area contributed by atoms with Crippen molar-refractivity contribution in [1.82, 2.24) is 9.38 Å². The summed E-state index contributed by atoms with van der Waals surface area (Å²) >= 11 is 3.00. The van der Waals surface area contributed by atoms with E-state index in [1.165, 1.54) is 10.5 Å². The summed E-state index contributed by atoms with van der Waals surface area (Å²) in [4.78, 5) is 15.7. The zero-order valence-electron chi connectivity index (χ0n) is 9.25. The smallest absolute Gasteiger partial charge is 0.296 e. The normalized spacial score (nSPS) is 12.1. The number of Topliss-reactive ketones (excluding diaryl/α,β-unsaturated/α-hetero) is 1. The van der Waals surface area contributed by atoms with Gasteiger partial charge in [-0.1, -0.05) is 15.9 Å². The number of hydrogen-bond acceptors (Lipinski definition) is 2. The number of imidazole rings is 1. The minimum Gasteiger partial charge on any atom is -0.296 e. The van der Waals surface area contributed by atoms with Crippen molar-refractivity contribution in [3.63, 3.8) is 0 Å². The number of aromatic nitrogens is 2. The van der Waals surface area contributed by atoms with Gasteiger partial charge in [0.15, 0.2) is 5.78 Å². The van der Waals surface area contributed by atoms with Crippen molar-refractivity contribution in [1.29, 1.82) is 0 Å². The zero-order valence-corrected chi connectivity index (χ0v) is 10.8. The van der Waals surface area contributed by atoms with Crippen LogP contribution in [0.2, 0.25) is 0 Å². The summed E-state index contributed by atoms with van der Waals surface area (Å²) in [5, 5.41) is 0.0396. The second-order valence-electron chi connectivity index (χ2n) is 3.75. The van der Waals surface area contributed by atoms with Gasteiger partial charge in [0.25, 0.3) is 0 Å². The molecular formula is C11H8BrF3N2O. The molecule has 0 aliphatic heterocycles.